The van der Waals surface area contributed by atoms with E-state index in [1.54, 1.807) is 12.4 Å². The predicted molar refractivity (Wildman–Crippen MR) is 62.7 cm³/mol. The Kier molecular flexibility index (Phi) is 3.10. The van der Waals surface area contributed by atoms with Gasteiger partial charge in [-0.1, -0.05) is 12.1 Å². The molecule has 0 radical (unpaired) electrons. The number of hydrogen-bond acceptors (Lipinski definition) is 3. The maximum Gasteiger partial charge on any atom is 0.303 e. The molecule has 4 heteroatoms. The summed E-state index contributed by atoms with van der Waals surface area (Å²) in [7, 11) is 0. The van der Waals surface area contributed by atoms with Crippen LogP contribution in [0.2, 0.25) is 0 Å². The molecule has 0 fully saturated rings. The molecule has 0 amide bonds. The number of rotatable bonds is 3. The Bertz CT molecular complexity index is 464. The van der Waals surface area contributed by atoms with Crippen LogP contribution in [-0.4, -0.2) is 23.5 Å². The van der Waals surface area contributed by atoms with Gasteiger partial charge in [0, 0.05) is 24.4 Å². The lowest BCUT2D eigenvalue weighted by molar-refractivity contribution is -0.136. The summed E-state index contributed by atoms with van der Waals surface area (Å²) in [5.74, 6) is -0.779. The van der Waals surface area contributed by atoms with Crippen molar-refractivity contribution in [3.63, 3.8) is 0 Å². The number of benzene rings is 1. The quantitative estimate of drug-likeness (QED) is 0.839. The fraction of sp³-hybridized carbons (Fsp3) is 0.250. The average molecular weight is 216 g/mol. The van der Waals surface area contributed by atoms with Gasteiger partial charge in [-0.25, -0.2) is 0 Å². The Labute approximate surface area is 93.4 Å². The van der Waals surface area contributed by atoms with Gasteiger partial charge in [0.15, 0.2) is 0 Å². The summed E-state index contributed by atoms with van der Waals surface area (Å²) in [5, 5.41) is 8.68. The Morgan fingerprint density at radius 2 is 2.25 bits per heavy atom. The summed E-state index contributed by atoms with van der Waals surface area (Å²) in [6.45, 7) is 0.575. The third-order valence-corrected chi connectivity index (χ3v) is 2.49. The smallest absolute Gasteiger partial charge is 0.303 e. The number of carbonyl (C=O) groups is 1. The number of aliphatic carboxylic acids is 1. The number of hydrogen-bond donors (Lipinski definition) is 1. The SMILES string of the molecule is O=C(O)CCc1cccc2c1CN=CC=N2. The summed E-state index contributed by atoms with van der Waals surface area (Å²) in [5.41, 5.74) is 2.95. The highest BCUT2D eigenvalue weighted by Gasteiger charge is 2.09. The van der Waals surface area contributed by atoms with E-state index in [9.17, 15) is 4.79 Å². The van der Waals surface area contributed by atoms with Crippen LogP contribution in [0.15, 0.2) is 28.2 Å². The number of carboxylic acids is 1. The van der Waals surface area contributed by atoms with E-state index in [2.05, 4.69) is 9.98 Å². The van der Waals surface area contributed by atoms with Crippen molar-refractivity contribution in [2.75, 3.05) is 0 Å². The summed E-state index contributed by atoms with van der Waals surface area (Å²) in [4.78, 5) is 19.0. The van der Waals surface area contributed by atoms with Crippen LogP contribution in [0.3, 0.4) is 0 Å². The zero-order valence-corrected chi connectivity index (χ0v) is 8.76. The highest BCUT2D eigenvalue weighted by atomic mass is 16.4. The molecule has 1 N–H and O–H groups in total. The molecule has 0 saturated carbocycles. The van der Waals surface area contributed by atoms with Gasteiger partial charge in [-0.05, 0) is 18.1 Å². The van der Waals surface area contributed by atoms with E-state index in [1.807, 2.05) is 18.2 Å². The van der Waals surface area contributed by atoms with Gasteiger partial charge < -0.3 is 5.11 Å². The van der Waals surface area contributed by atoms with Crippen molar-refractivity contribution in [2.45, 2.75) is 19.4 Å². The Balaban J connectivity index is 2.29. The molecule has 0 unspecified atom stereocenters. The van der Waals surface area contributed by atoms with E-state index in [0.29, 0.717) is 13.0 Å². The minimum absolute atomic E-state index is 0.143. The topological polar surface area (TPSA) is 62.0 Å². The summed E-state index contributed by atoms with van der Waals surface area (Å²) >= 11 is 0. The summed E-state index contributed by atoms with van der Waals surface area (Å²) < 4.78 is 0. The van der Waals surface area contributed by atoms with Gasteiger partial charge in [-0.15, -0.1) is 0 Å². The standard InChI is InChI=1S/C12H12N2O2/c15-12(16)5-4-9-2-1-3-11-10(9)8-13-6-7-14-11/h1-3,6-7H,4-5,8H2,(H,15,16). The van der Waals surface area contributed by atoms with E-state index >= 15 is 0 Å². The Hall–Kier alpha value is -1.97. The first-order valence-electron chi connectivity index (χ1n) is 5.12. The zero-order chi connectivity index (χ0) is 11.4. The molecule has 0 aromatic heterocycles. The van der Waals surface area contributed by atoms with Crippen LogP contribution in [-0.2, 0) is 17.8 Å². The molecule has 16 heavy (non-hydrogen) atoms. The van der Waals surface area contributed by atoms with Crippen LogP contribution in [0.25, 0.3) is 0 Å². The molecule has 0 aliphatic carbocycles. The fourth-order valence-electron chi connectivity index (χ4n) is 1.71. The van der Waals surface area contributed by atoms with E-state index in [1.165, 1.54) is 0 Å². The van der Waals surface area contributed by atoms with Gasteiger partial charge in [-0.3, -0.25) is 14.8 Å². The van der Waals surface area contributed by atoms with Gasteiger partial charge in [0.2, 0.25) is 0 Å². The monoisotopic (exact) mass is 216 g/mol. The molecule has 4 nitrogen and oxygen atoms in total. The normalized spacial score (nSPS) is 13.2. The van der Waals surface area contributed by atoms with Crippen molar-refractivity contribution in [2.24, 2.45) is 9.98 Å². The van der Waals surface area contributed by atoms with Crippen molar-refractivity contribution in [1.29, 1.82) is 0 Å². The minimum atomic E-state index is -0.779. The maximum absolute atomic E-state index is 10.5. The molecule has 0 atom stereocenters. The molecule has 82 valence electrons. The molecule has 1 heterocycles. The lowest BCUT2D eigenvalue weighted by atomic mass is 10.0. The first-order valence-corrected chi connectivity index (χ1v) is 5.12. The van der Waals surface area contributed by atoms with Gasteiger partial charge >= 0.3 is 5.97 Å². The molecule has 0 bridgehead atoms. The van der Waals surface area contributed by atoms with Crippen molar-refractivity contribution in [1.82, 2.24) is 0 Å². The van der Waals surface area contributed by atoms with Crippen LogP contribution in [0.5, 0.6) is 0 Å². The molecule has 0 saturated heterocycles. The van der Waals surface area contributed by atoms with Gasteiger partial charge in [-0.2, -0.15) is 0 Å². The van der Waals surface area contributed by atoms with Gasteiger partial charge in [0.05, 0.1) is 12.2 Å². The predicted octanol–water partition coefficient (Wildman–Crippen LogP) is 1.99. The molecule has 1 aromatic carbocycles. The fourth-order valence-corrected chi connectivity index (χ4v) is 1.71. The van der Waals surface area contributed by atoms with E-state index in [4.69, 9.17) is 5.11 Å². The molecule has 1 aromatic rings. The van der Waals surface area contributed by atoms with Crippen molar-refractivity contribution < 1.29 is 9.90 Å². The summed E-state index contributed by atoms with van der Waals surface area (Å²) in [6, 6.07) is 5.77. The van der Waals surface area contributed by atoms with E-state index in [-0.39, 0.29) is 6.42 Å². The largest absolute Gasteiger partial charge is 0.481 e. The number of aryl methyl sites for hydroxylation is 1. The van der Waals surface area contributed by atoms with Crippen molar-refractivity contribution in [3.8, 4) is 0 Å². The number of nitrogens with zero attached hydrogens (tertiary/aromatic N) is 2. The van der Waals surface area contributed by atoms with E-state index in [0.717, 1.165) is 16.8 Å². The van der Waals surface area contributed by atoms with Crippen molar-refractivity contribution >= 4 is 24.1 Å². The van der Waals surface area contributed by atoms with Gasteiger partial charge in [0.1, 0.15) is 0 Å². The lowest BCUT2D eigenvalue weighted by Gasteiger charge is -2.08. The second-order valence-electron chi connectivity index (χ2n) is 3.58. The number of carboxylic acid groups (broad SMARTS) is 1. The molecule has 1 aliphatic rings. The maximum atomic E-state index is 10.5. The summed E-state index contributed by atoms with van der Waals surface area (Å²) in [6.07, 6.45) is 4.00. The first kappa shape index (κ1) is 10.5. The lowest BCUT2D eigenvalue weighted by Crippen LogP contribution is -2.00. The third-order valence-electron chi connectivity index (χ3n) is 2.49. The number of fused-ring (bicyclic) bond motifs is 1. The van der Waals surface area contributed by atoms with Gasteiger partial charge in [0.25, 0.3) is 0 Å². The van der Waals surface area contributed by atoms with Crippen LogP contribution in [0.4, 0.5) is 5.69 Å². The molecule has 1 aliphatic heterocycles. The highest BCUT2D eigenvalue weighted by Crippen LogP contribution is 2.25. The van der Waals surface area contributed by atoms with Crippen LogP contribution < -0.4 is 0 Å². The second-order valence-corrected chi connectivity index (χ2v) is 3.58. The molecular formula is C12H12N2O2. The van der Waals surface area contributed by atoms with Crippen LogP contribution in [0.1, 0.15) is 17.5 Å². The van der Waals surface area contributed by atoms with Crippen LogP contribution >= 0.6 is 0 Å². The molecular weight excluding hydrogens is 204 g/mol. The Morgan fingerprint density at radius 3 is 3.06 bits per heavy atom. The average Bonchev–Trinajstić information content (AvgIpc) is 2.51. The van der Waals surface area contributed by atoms with Crippen molar-refractivity contribution in [3.05, 3.63) is 29.3 Å². The minimum Gasteiger partial charge on any atom is -0.481 e. The van der Waals surface area contributed by atoms with Crippen LogP contribution in [0, 0.1) is 0 Å². The number of aliphatic imine (C=N–C) groups is 2. The second kappa shape index (κ2) is 4.70. The molecule has 0 spiro atoms. The molecule has 2 rings (SSSR count). The first-order chi connectivity index (χ1) is 7.77. The Morgan fingerprint density at radius 1 is 1.38 bits per heavy atom. The third kappa shape index (κ3) is 2.34. The zero-order valence-electron chi connectivity index (χ0n) is 8.76. The highest BCUT2D eigenvalue weighted by molar-refractivity contribution is 6.17. The van der Waals surface area contributed by atoms with E-state index < -0.39 is 5.97 Å².